The molecule has 0 fully saturated rings. The Morgan fingerprint density at radius 3 is 2.37 bits per heavy atom. The highest BCUT2D eigenvalue weighted by molar-refractivity contribution is 5.96. The SMILES string of the molecule is COc1cc(/C=C/c2nc(NCCc3ccncc3)c3cc(NC(C)=O)ccc3n2)cc(OC)c1. The number of ether oxygens (including phenoxy) is 2. The lowest BCUT2D eigenvalue weighted by Crippen LogP contribution is -2.09. The summed E-state index contributed by atoms with van der Waals surface area (Å²) < 4.78 is 10.7. The van der Waals surface area contributed by atoms with Crippen molar-refractivity contribution in [1.82, 2.24) is 15.0 Å². The summed E-state index contributed by atoms with van der Waals surface area (Å²) in [6.07, 6.45) is 8.15. The number of pyridine rings is 1. The van der Waals surface area contributed by atoms with Gasteiger partial charge in [-0.05, 0) is 66.1 Å². The van der Waals surface area contributed by atoms with E-state index >= 15 is 0 Å². The Kier molecular flexibility index (Phi) is 7.52. The Bertz CT molecular complexity index is 1330. The van der Waals surface area contributed by atoms with E-state index in [4.69, 9.17) is 19.4 Å². The van der Waals surface area contributed by atoms with Crippen LogP contribution in [0.1, 0.15) is 23.9 Å². The molecule has 2 heterocycles. The van der Waals surface area contributed by atoms with Gasteiger partial charge in [0.25, 0.3) is 0 Å². The van der Waals surface area contributed by atoms with Crippen LogP contribution in [0.5, 0.6) is 11.5 Å². The molecule has 2 aromatic carbocycles. The number of hydrogen-bond acceptors (Lipinski definition) is 7. The number of carbonyl (C=O) groups is 1. The van der Waals surface area contributed by atoms with E-state index in [2.05, 4.69) is 15.6 Å². The van der Waals surface area contributed by atoms with Crippen LogP contribution in [0, 0.1) is 0 Å². The Labute approximate surface area is 204 Å². The second-order valence-electron chi connectivity index (χ2n) is 7.86. The molecule has 0 saturated heterocycles. The number of nitrogens with one attached hydrogen (secondary N) is 2. The van der Waals surface area contributed by atoms with Crippen LogP contribution in [-0.2, 0) is 11.2 Å². The standard InChI is InChI=1S/C27H27N5O3/c1-18(33)30-21-5-6-25-24(16-21)27(29-13-10-19-8-11-28-12-9-19)32-26(31-25)7-4-20-14-22(34-2)17-23(15-20)35-3/h4-9,11-12,14-17H,10,13H2,1-3H3,(H,30,33)(H,29,31,32)/b7-4+. The molecule has 0 aliphatic carbocycles. The molecule has 35 heavy (non-hydrogen) atoms. The summed E-state index contributed by atoms with van der Waals surface area (Å²) >= 11 is 0. The van der Waals surface area contributed by atoms with Crippen LogP contribution in [0.4, 0.5) is 11.5 Å². The molecule has 1 amide bonds. The first-order valence-corrected chi connectivity index (χ1v) is 11.2. The van der Waals surface area contributed by atoms with Crippen molar-refractivity contribution in [2.45, 2.75) is 13.3 Å². The van der Waals surface area contributed by atoms with Crippen molar-refractivity contribution in [1.29, 1.82) is 0 Å². The van der Waals surface area contributed by atoms with Crippen molar-refractivity contribution in [3.05, 3.63) is 77.9 Å². The third-order valence-corrected chi connectivity index (χ3v) is 5.29. The molecule has 4 rings (SSSR count). The number of anilines is 2. The van der Waals surface area contributed by atoms with Gasteiger partial charge in [-0.2, -0.15) is 0 Å². The molecule has 4 aromatic rings. The van der Waals surface area contributed by atoms with Gasteiger partial charge in [0.1, 0.15) is 17.3 Å². The van der Waals surface area contributed by atoms with Gasteiger partial charge in [0.15, 0.2) is 5.82 Å². The lowest BCUT2D eigenvalue weighted by Gasteiger charge is -2.11. The van der Waals surface area contributed by atoms with Crippen molar-refractivity contribution >= 4 is 40.5 Å². The largest absolute Gasteiger partial charge is 0.497 e. The van der Waals surface area contributed by atoms with Gasteiger partial charge >= 0.3 is 0 Å². The van der Waals surface area contributed by atoms with Crippen molar-refractivity contribution in [3.63, 3.8) is 0 Å². The monoisotopic (exact) mass is 469 g/mol. The molecule has 0 radical (unpaired) electrons. The third kappa shape index (κ3) is 6.32. The third-order valence-electron chi connectivity index (χ3n) is 5.29. The zero-order valence-electron chi connectivity index (χ0n) is 19.9. The zero-order chi connectivity index (χ0) is 24.6. The molecule has 8 nitrogen and oxygen atoms in total. The van der Waals surface area contributed by atoms with E-state index < -0.39 is 0 Å². The molecule has 0 aliphatic rings. The van der Waals surface area contributed by atoms with Crippen LogP contribution in [0.3, 0.4) is 0 Å². The molecular weight excluding hydrogens is 442 g/mol. The van der Waals surface area contributed by atoms with Gasteiger partial charge in [-0.25, -0.2) is 9.97 Å². The molecule has 0 atom stereocenters. The fourth-order valence-electron chi connectivity index (χ4n) is 3.61. The van der Waals surface area contributed by atoms with Crippen molar-refractivity contribution in [3.8, 4) is 11.5 Å². The van der Waals surface area contributed by atoms with Crippen LogP contribution in [0.2, 0.25) is 0 Å². The van der Waals surface area contributed by atoms with E-state index in [1.165, 1.54) is 12.5 Å². The average molecular weight is 470 g/mol. The van der Waals surface area contributed by atoms with E-state index in [1.807, 2.05) is 60.7 Å². The van der Waals surface area contributed by atoms with E-state index in [9.17, 15) is 4.79 Å². The number of fused-ring (bicyclic) bond motifs is 1. The van der Waals surface area contributed by atoms with Crippen molar-refractivity contribution in [2.24, 2.45) is 0 Å². The van der Waals surface area contributed by atoms with E-state index in [1.54, 1.807) is 26.6 Å². The predicted molar refractivity (Wildman–Crippen MR) is 139 cm³/mol. The number of rotatable bonds is 9. The van der Waals surface area contributed by atoms with Gasteiger partial charge in [-0.3, -0.25) is 9.78 Å². The fourth-order valence-corrected chi connectivity index (χ4v) is 3.61. The minimum atomic E-state index is -0.134. The summed E-state index contributed by atoms with van der Waals surface area (Å²) in [4.78, 5) is 25.1. The maximum Gasteiger partial charge on any atom is 0.221 e. The van der Waals surface area contributed by atoms with Crippen molar-refractivity contribution in [2.75, 3.05) is 31.4 Å². The fraction of sp³-hybridized carbons (Fsp3) is 0.185. The lowest BCUT2D eigenvalue weighted by molar-refractivity contribution is -0.114. The first kappa shape index (κ1) is 23.7. The van der Waals surface area contributed by atoms with E-state index in [-0.39, 0.29) is 5.91 Å². The number of amides is 1. The molecule has 2 aromatic heterocycles. The summed E-state index contributed by atoms with van der Waals surface area (Å²) in [5.74, 6) is 2.52. The van der Waals surface area contributed by atoms with Gasteiger partial charge in [-0.15, -0.1) is 0 Å². The van der Waals surface area contributed by atoms with Crippen LogP contribution < -0.4 is 20.1 Å². The Hall–Kier alpha value is -4.46. The molecule has 0 unspecified atom stereocenters. The van der Waals surface area contributed by atoms with Gasteiger partial charge in [0.05, 0.1) is 19.7 Å². The zero-order valence-corrected chi connectivity index (χ0v) is 19.9. The second-order valence-corrected chi connectivity index (χ2v) is 7.86. The quantitative estimate of drug-likeness (QED) is 0.362. The normalized spacial score (nSPS) is 10.9. The molecule has 0 aliphatic heterocycles. The summed E-state index contributed by atoms with van der Waals surface area (Å²) in [5, 5.41) is 7.08. The summed E-state index contributed by atoms with van der Waals surface area (Å²) in [6.45, 7) is 2.16. The van der Waals surface area contributed by atoms with E-state index in [0.717, 1.165) is 22.9 Å². The van der Waals surface area contributed by atoms with Gasteiger partial charge in [0, 0.05) is 43.0 Å². The second kappa shape index (κ2) is 11.1. The number of aromatic nitrogens is 3. The van der Waals surface area contributed by atoms with Crippen molar-refractivity contribution < 1.29 is 14.3 Å². The smallest absolute Gasteiger partial charge is 0.221 e. The maximum absolute atomic E-state index is 11.5. The topological polar surface area (TPSA) is 98.3 Å². The number of hydrogen-bond donors (Lipinski definition) is 2. The Morgan fingerprint density at radius 2 is 1.69 bits per heavy atom. The summed E-state index contributed by atoms with van der Waals surface area (Å²) in [7, 11) is 3.24. The van der Waals surface area contributed by atoms with Crippen LogP contribution in [0.25, 0.3) is 23.1 Å². The Morgan fingerprint density at radius 1 is 0.943 bits per heavy atom. The highest BCUT2D eigenvalue weighted by Crippen LogP contribution is 2.26. The minimum absolute atomic E-state index is 0.134. The lowest BCUT2D eigenvalue weighted by atomic mass is 10.1. The number of carbonyl (C=O) groups excluding carboxylic acids is 1. The summed E-state index contributed by atoms with van der Waals surface area (Å²) in [6, 6.07) is 15.2. The van der Waals surface area contributed by atoms with Crippen LogP contribution >= 0.6 is 0 Å². The summed E-state index contributed by atoms with van der Waals surface area (Å²) in [5.41, 5.74) is 3.54. The van der Waals surface area contributed by atoms with E-state index in [0.29, 0.717) is 35.4 Å². The number of methoxy groups -OCH3 is 2. The van der Waals surface area contributed by atoms with Gasteiger partial charge in [-0.1, -0.05) is 6.08 Å². The molecule has 0 bridgehead atoms. The highest BCUT2D eigenvalue weighted by Gasteiger charge is 2.09. The maximum atomic E-state index is 11.5. The first-order valence-electron chi connectivity index (χ1n) is 11.2. The molecule has 0 saturated carbocycles. The molecule has 8 heteroatoms. The van der Waals surface area contributed by atoms with Crippen LogP contribution in [-0.4, -0.2) is 41.6 Å². The number of benzene rings is 2. The minimum Gasteiger partial charge on any atom is -0.497 e. The number of nitrogens with zero attached hydrogens (tertiary/aromatic N) is 3. The predicted octanol–water partition coefficient (Wildman–Crippen LogP) is 4.83. The molecular formula is C27H27N5O3. The molecule has 178 valence electrons. The first-order chi connectivity index (χ1) is 17.0. The van der Waals surface area contributed by atoms with Crippen LogP contribution in [0.15, 0.2) is 60.9 Å². The van der Waals surface area contributed by atoms with Gasteiger partial charge in [0.2, 0.25) is 5.91 Å². The highest BCUT2D eigenvalue weighted by atomic mass is 16.5. The Balaban J connectivity index is 1.65. The molecule has 2 N–H and O–H groups in total. The van der Waals surface area contributed by atoms with Gasteiger partial charge < -0.3 is 20.1 Å². The molecule has 0 spiro atoms. The average Bonchev–Trinajstić information content (AvgIpc) is 2.87.